The zero-order chi connectivity index (χ0) is 37.3. The van der Waals surface area contributed by atoms with Crippen molar-refractivity contribution in [3.05, 3.63) is 234 Å². The van der Waals surface area contributed by atoms with Crippen LogP contribution >= 0.6 is 0 Å². The van der Waals surface area contributed by atoms with Gasteiger partial charge in [0.15, 0.2) is 0 Å². The second-order valence-electron chi connectivity index (χ2n) is 15.5. The van der Waals surface area contributed by atoms with Gasteiger partial charge in [0.2, 0.25) is 0 Å². The standard InChI is InChI=1S/C54H39NO/c1-53(33-31-39(32-34-53)37-15-5-2-6-16-37)55(43-26-25-38-17-11-12-18-40(38)35-43)44-27-28-47-49(36-44)54(41-19-7-3-8-20-41,42-21-9-4-10-22-42)48-30-29-46-45-23-13-14-24-50(45)56-52(46)51(47)48/h2-33,35-36H,34H2,1H3. The van der Waals surface area contributed by atoms with Gasteiger partial charge in [-0.05, 0) is 93.4 Å². The molecule has 1 atom stereocenters. The number of anilines is 2. The molecule has 0 radical (unpaired) electrons. The highest BCUT2D eigenvalue weighted by molar-refractivity contribution is 6.12. The van der Waals surface area contributed by atoms with Crippen molar-refractivity contribution < 1.29 is 4.42 Å². The van der Waals surface area contributed by atoms with Crippen molar-refractivity contribution in [2.45, 2.75) is 24.3 Å². The van der Waals surface area contributed by atoms with E-state index >= 15 is 0 Å². The summed E-state index contributed by atoms with van der Waals surface area (Å²) < 4.78 is 6.84. The molecule has 0 fully saturated rings. The first kappa shape index (κ1) is 32.5. The van der Waals surface area contributed by atoms with E-state index in [2.05, 4.69) is 218 Å². The molecular formula is C54H39NO. The van der Waals surface area contributed by atoms with E-state index in [1.54, 1.807) is 0 Å². The first-order valence-corrected chi connectivity index (χ1v) is 19.6. The van der Waals surface area contributed by atoms with Crippen LogP contribution in [0.3, 0.4) is 0 Å². The molecule has 2 aliphatic rings. The van der Waals surface area contributed by atoms with E-state index in [0.717, 1.165) is 39.7 Å². The topological polar surface area (TPSA) is 16.4 Å². The number of allylic oxidation sites excluding steroid dienone is 2. The quantitative estimate of drug-likeness (QED) is 0.170. The number of furan rings is 1. The lowest BCUT2D eigenvalue weighted by atomic mass is 9.67. The predicted octanol–water partition coefficient (Wildman–Crippen LogP) is 14.0. The fraction of sp³-hybridized carbons (Fsp3) is 0.0741. The molecular weight excluding hydrogens is 679 g/mol. The third-order valence-corrected chi connectivity index (χ3v) is 12.3. The summed E-state index contributed by atoms with van der Waals surface area (Å²) in [6, 6.07) is 68.6. The van der Waals surface area contributed by atoms with Crippen LogP contribution in [0.1, 0.15) is 41.2 Å². The summed E-state index contributed by atoms with van der Waals surface area (Å²) in [6.07, 6.45) is 7.97. The van der Waals surface area contributed by atoms with Crippen LogP contribution in [0.25, 0.3) is 49.4 Å². The molecule has 56 heavy (non-hydrogen) atoms. The molecule has 2 aliphatic carbocycles. The van der Waals surface area contributed by atoms with Crippen molar-refractivity contribution in [3.8, 4) is 11.1 Å². The SMILES string of the molecule is CC1(N(c2ccc3c(c2)C(c2ccccc2)(c2ccccc2)c2ccc4c(oc5ccccc54)c2-3)c2ccc3ccccc3c2)C=CC(c2ccccc2)=CC1. The predicted molar refractivity (Wildman–Crippen MR) is 234 cm³/mol. The normalized spacial score (nSPS) is 16.8. The molecule has 266 valence electrons. The summed E-state index contributed by atoms with van der Waals surface area (Å²) in [5, 5.41) is 4.74. The summed E-state index contributed by atoms with van der Waals surface area (Å²) in [6.45, 7) is 2.37. The minimum absolute atomic E-state index is 0.353. The highest BCUT2D eigenvalue weighted by Gasteiger charge is 2.48. The molecule has 0 spiro atoms. The average molecular weight is 718 g/mol. The first-order valence-electron chi connectivity index (χ1n) is 19.6. The molecule has 0 saturated heterocycles. The van der Waals surface area contributed by atoms with Crippen molar-refractivity contribution >= 4 is 49.7 Å². The Hall–Kier alpha value is -6.90. The Morgan fingerprint density at radius 3 is 1.91 bits per heavy atom. The first-order chi connectivity index (χ1) is 27.6. The Kier molecular flexibility index (Phi) is 7.31. The van der Waals surface area contributed by atoms with E-state index in [4.69, 9.17) is 4.42 Å². The number of para-hydroxylation sites is 1. The van der Waals surface area contributed by atoms with Crippen molar-refractivity contribution in [2.24, 2.45) is 0 Å². The van der Waals surface area contributed by atoms with Crippen LogP contribution < -0.4 is 4.90 Å². The number of hydrogen-bond donors (Lipinski definition) is 0. The highest BCUT2D eigenvalue weighted by atomic mass is 16.3. The average Bonchev–Trinajstić information content (AvgIpc) is 3.79. The molecule has 2 heteroatoms. The second kappa shape index (κ2) is 12.6. The Morgan fingerprint density at radius 1 is 0.536 bits per heavy atom. The maximum Gasteiger partial charge on any atom is 0.143 e. The van der Waals surface area contributed by atoms with Gasteiger partial charge in [-0.25, -0.2) is 0 Å². The Balaban J connectivity index is 1.19. The molecule has 0 bridgehead atoms. The van der Waals surface area contributed by atoms with Gasteiger partial charge < -0.3 is 9.32 Å². The third-order valence-electron chi connectivity index (χ3n) is 12.3. The van der Waals surface area contributed by atoms with Gasteiger partial charge in [-0.2, -0.15) is 0 Å². The van der Waals surface area contributed by atoms with E-state index in [-0.39, 0.29) is 5.54 Å². The number of rotatable bonds is 6. The van der Waals surface area contributed by atoms with Crippen LogP contribution in [0, 0.1) is 0 Å². The van der Waals surface area contributed by atoms with Gasteiger partial charge in [-0.15, -0.1) is 0 Å². The van der Waals surface area contributed by atoms with Crippen LogP contribution in [0.2, 0.25) is 0 Å². The lowest BCUT2D eigenvalue weighted by Gasteiger charge is -2.43. The van der Waals surface area contributed by atoms with E-state index in [1.165, 1.54) is 55.3 Å². The minimum atomic E-state index is -0.588. The fourth-order valence-corrected chi connectivity index (χ4v) is 9.67. The van der Waals surface area contributed by atoms with Gasteiger partial charge in [-0.1, -0.05) is 176 Å². The van der Waals surface area contributed by atoms with Gasteiger partial charge in [0.25, 0.3) is 0 Å². The molecule has 11 rings (SSSR count). The lowest BCUT2D eigenvalue weighted by Crippen LogP contribution is -2.42. The molecule has 0 amide bonds. The Morgan fingerprint density at radius 2 is 1.18 bits per heavy atom. The molecule has 0 saturated carbocycles. The van der Waals surface area contributed by atoms with Gasteiger partial charge in [0.1, 0.15) is 11.2 Å². The van der Waals surface area contributed by atoms with Crippen LogP contribution in [0.15, 0.2) is 211 Å². The van der Waals surface area contributed by atoms with Crippen LogP contribution in [0.5, 0.6) is 0 Å². The maximum absolute atomic E-state index is 6.84. The van der Waals surface area contributed by atoms with E-state index in [0.29, 0.717) is 0 Å². The molecule has 1 aromatic heterocycles. The second-order valence-corrected chi connectivity index (χ2v) is 15.5. The van der Waals surface area contributed by atoms with E-state index in [9.17, 15) is 0 Å². The highest BCUT2D eigenvalue weighted by Crippen LogP contribution is 2.59. The van der Waals surface area contributed by atoms with Crippen molar-refractivity contribution in [1.82, 2.24) is 0 Å². The summed E-state index contributed by atoms with van der Waals surface area (Å²) in [7, 11) is 0. The van der Waals surface area contributed by atoms with Gasteiger partial charge in [0, 0.05) is 27.7 Å². The molecule has 0 N–H and O–H groups in total. The van der Waals surface area contributed by atoms with Crippen LogP contribution in [-0.4, -0.2) is 5.54 Å². The summed E-state index contributed by atoms with van der Waals surface area (Å²) in [5.74, 6) is 0. The van der Waals surface area contributed by atoms with Crippen molar-refractivity contribution in [2.75, 3.05) is 4.90 Å². The molecule has 9 aromatic rings. The summed E-state index contributed by atoms with van der Waals surface area (Å²) in [5.41, 5.74) is 13.1. The number of hydrogen-bond acceptors (Lipinski definition) is 2. The third kappa shape index (κ3) is 4.82. The lowest BCUT2D eigenvalue weighted by molar-refractivity contribution is 0.571. The number of fused-ring (bicyclic) bond motifs is 8. The van der Waals surface area contributed by atoms with E-state index < -0.39 is 5.41 Å². The Bertz CT molecular complexity index is 2970. The summed E-state index contributed by atoms with van der Waals surface area (Å²) in [4.78, 5) is 2.56. The fourth-order valence-electron chi connectivity index (χ4n) is 9.67. The van der Waals surface area contributed by atoms with Crippen molar-refractivity contribution in [3.63, 3.8) is 0 Å². The molecule has 0 aliphatic heterocycles. The van der Waals surface area contributed by atoms with Crippen molar-refractivity contribution in [1.29, 1.82) is 0 Å². The molecule has 8 aromatic carbocycles. The van der Waals surface area contributed by atoms with Gasteiger partial charge >= 0.3 is 0 Å². The van der Waals surface area contributed by atoms with Gasteiger partial charge in [0.05, 0.1) is 11.0 Å². The number of nitrogens with zero attached hydrogens (tertiary/aromatic N) is 1. The minimum Gasteiger partial charge on any atom is -0.455 e. The zero-order valence-electron chi connectivity index (χ0n) is 31.2. The monoisotopic (exact) mass is 717 g/mol. The van der Waals surface area contributed by atoms with Crippen LogP contribution in [-0.2, 0) is 5.41 Å². The molecule has 2 nitrogen and oxygen atoms in total. The number of benzene rings is 8. The smallest absolute Gasteiger partial charge is 0.143 e. The molecule has 1 heterocycles. The maximum atomic E-state index is 6.84. The largest absolute Gasteiger partial charge is 0.455 e. The van der Waals surface area contributed by atoms with E-state index in [1.807, 2.05) is 0 Å². The Labute approximate surface area is 327 Å². The van der Waals surface area contributed by atoms with Crippen LogP contribution in [0.4, 0.5) is 11.4 Å². The van der Waals surface area contributed by atoms with Gasteiger partial charge in [-0.3, -0.25) is 0 Å². The summed E-state index contributed by atoms with van der Waals surface area (Å²) >= 11 is 0. The molecule has 1 unspecified atom stereocenters. The zero-order valence-corrected chi connectivity index (χ0v) is 31.2.